The van der Waals surface area contributed by atoms with Crippen LogP contribution in [0.5, 0.6) is 0 Å². The van der Waals surface area contributed by atoms with Gasteiger partial charge in [0.25, 0.3) is 5.91 Å². The van der Waals surface area contributed by atoms with Gasteiger partial charge in [-0.3, -0.25) is 4.79 Å². The Balaban J connectivity index is 2.05. The lowest BCUT2D eigenvalue weighted by molar-refractivity contribution is 0.0601. The fourth-order valence-electron chi connectivity index (χ4n) is 2.61. The highest BCUT2D eigenvalue weighted by Gasteiger charge is 2.28. The van der Waals surface area contributed by atoms with Crippen molar-refractivity contribution in [3.05, 3.63) is 49.1 Å². The van der Waals surface area contributed by atoms with Crippen molar-refractivity contribution in [1.82, 2.24) is 0 Å². The second-order valence-electron chi connectivity index (χ2n) is 5.56. The number of fused-ring (bicyclic) bond motifs is 1. The van der Waals surface area contributed by atoms with Crippen molar-refractivity contribution in [3.8, 4) is 0 Å². The van der Waals surface area contributed by atoms with E-state index in [4.69, 9.17) is 32.7 Å². The first-order valence-electron chi connectivity index (χ1n) is 7.78. The Morgan fingerprint density at radius 3 is 2.29 bits per heavy atom. The summed E-state index contributed by atoms with van der Waals surface area (Å²) in [5, 5.41) is 4.09. The lowest BCUT2D eigenvalue weighted by atomic mass is 10.1. The molecular weight excluding hydrogens is 445 g/mol. The summed E-state index contributed by atoms with van der Waals surface area (Å²) < 4.78 is 10.3. The second kappa shape index (κ2) is 8.08. The highest BCUT2D eigenvalue weighted by atomic mass is 35.5. The van der Waals surface area contributed by atoms with Crippen molar-refractivity contribution in [2.24, 2.45) is 0 Å². The van der Waals surface area contributed by atoms with Crippen molar-refractivity contribution >= 4 is 78.8 Å². The maximum Gasteiger partial charge on any atom is 0.348 e. The zero-order valence-corrected chi connectivity index (χ0v) is 18.0. The number of nitrogens with one attached hydrogen (secondary N) is 1. The maximum atomic E-state index is 12.8. The summed E-state index contributed by atoms with van der Waals surface area (Å²) in [5.41, 5.74) is 0.459. The number of carbonyl (C=O) groups is 3. The van der Waals surface area contributed by atoms with E-state index in [0.717, 1.165) is 16.0 Å². The first kappa shape index (κ1) is 20.6. The van der Waals surface area contributed by atoms with E-state index in [1.54, 1.807) is 25.1 Å². The van der Waals surface area contributed by atoms with E-state index in [0.29, 0.717) is 16.0 Å². The predicted octanol–water partition coefficient (Wildman–Crippen LogP) is 5.40. The third kappa shape index (κ3) is 3.48. The van der Waals surface area contributed by atoms with Crippen LogP contribution >= 0.6 is 45.9 Å². The number of thiophene rings is 2. The van der Waals surface area contributed by atoms with E-state index in [-0.39, 0.29) is 25.3 Å². The zero-order chi connectivity index (χ0) is 20.6. The Bertz CT molecular complexity index is 1120. The minimum atomic E-state index is -0.676. The van der Waals surface area contributed by atoms with E-state index in [1.165, 1.54) is 25.6 Å². The summed E-state index contributed by atoms with van der Waals surface area (Å²) in [5.74, 6) is -1.81. The summed E-state index contributed by atoms with van der Waals surface area (Å²) in [6.45, 7) is 1.58. The minimum absolute atomic E-state index is 0.0940. The van der Waals surface area contributed by atoms with Gasteiger partial charge in [0.15, 0.2) is 0 Å². The monoisotopic (exact) mass is 457 g/mol. The van der Waals surface area contributed by atoms with Gasteiger partial charge in [-0.25, -0.2) is 9.59 Å². The molecule has 1 N–H and O–H groups in total. The Kier molecular flexibility index (Phi) is 5.95. The molecular formula is C18H13Cl2NO5S2. The van der Waals surface area contributed by atoms with Gasteiger partial charge in [0.2, 0.25) is 0 Å². The summed E-state index contributed by atoms with van der Waals surface area (Å²) in [4.78, 5) is 37.4. The highest BCUT2D eigenvalue weighted by Crippen LogP contribution is 2.40. The number of anilines is 1. The molecule has 10 heteroatoms. The number of carbonyl (C=O) groups excluding carboxylic acids is 3. The summed E-state index contributed by atoms with van der Waals surface area (Å²) in [6, 6.07) is 5.25. The van der Waals surface area contributed by atoms with Crippen LogP contribution in [0.4, 0.5) is 5.00 Å². The van der Waals surface area contributed by atoms with Crippen LogP contribution in [0.3, 0.4) is 0 Å². The fraction of sp³-hybridized carbons (Fsp3) is 0.167. The van der Waals surface area contributed by atoms with E-state index >= 15 is 0 Å². The Morgan fingerprint density at radius 1 is 1.00 bits per heavy atom. The molecule has 0 atom stereocenters. The number of hydrogen-bond acceptors (Lipinski definition) is 7. The van der Waals surface area contributed by atoms with E-state index in [1.807, 2.05) is 0 Å². The quantitative estimate of drug-likeness (QED) is 0.530. The molecule has 0 spiro atoms. The summed E-state index contributed by atoms with van der Waals surface area (Å²) >= 11 is 14.7. The second-order valence-corrected chi connectivity index (χ2v) is 8.41. The number of rotatable bonds is 4. The molecule has 2 heterocycles. The topological polar surface area (TPSA) is 81.7 Å². The maximum absolute atomic E-state index is 12.8. The number of methoxy groups -OCH3 is 2. The average molecular weight is 458 g/mol. The third-order valence-electron chi connectivity index (χ3n) is 3.95. The molecule has 1 amide bonds. The third-order valence-corrected chi connectivity index (χ3v) is 7.09. The van der Waals surface area contributed by atoms with Gasteiger partial charge in [-0.05, 0) is 24.6 Å². The van der Waals surface area contributed by atoms with Gasteiger partial charge in [-0.1, -0.05) is 29.3 Å². The molecule has 1 aromatic carbocycles. The van der Waals surface area contributed by atoms with Crippen LogP contribution in [-0.2, 0) is 9.47 Å². The molecule has 3 aromatic rings. The van der Waals surface area contributed by atoms with E-state index in [9.17, 15) is 14.4 Å². The van der Waals surface area contributed by atoms with Crippen LogP contribution in [0.25, 0.3) is 10.1 Å². The fourth-order valence-corrected chi connectivity index (χ4v) is 5.57. The highest BCUT2D eigenvalue weighted by molar-refractivity contribution is 7.22. The lowest BCUT2D eigenvalue weighted by Gasteiger charge is -2.05. The average Bonchev–Trinajstić information content (AvgIpc) is 3.18. The van der Waals surface area contributed by atoms with Crippen LogP contribution in [0.2, 0.25) is 10.0 Å². The first-order chi connectivity index (χ1) is 13.3. The van der Waals surface area contributed by atoms with Gasteiger partial charge in [0.05, 0.1) is 29.8 Å². The first-order valence-corrected chi connectivity index (χ1v) is 10.2. The molecule has 146 valence electrons. The van der Waals surface area contributed by atoms with Crippen LogP contribution in [0.1, 0.15) is 35.3 Å². The number of ether oxygens (including phenoxy) is 2. The molecule has 0 aliphatic rings. The molecule has 28 heavy (non-hydrogen) atoms. The van der Waals surface area contributed by atoms with Crippen LogP contribution in [0.15, 0.2) is 18.2 Å². The number of esters is 2. The molecule has 0 fully saturated rings. The van der Waals surface area contributed by atoms with Gasteiger partial charge in [0.1, 0.15) is 14.8 Å². The predicted molar refractivity (Wildman–Crippen MR) is 112 cm³/mol. The Labute approximate surface area is 178 Å². The van der Waals surface area contributed by atoms with E-state index in [2.05, 4.69) is 5.32 Å². The normalized spacial score (nSPS) is 10.8. The van der Waals surface area contributed by atoms with Gasteiger partial charge < -0.3 is 14.8 Å². The van der Waals surface area contributed by atoms with Crippen molar-refractivity contribution < 1.29 is 23.9 Å². The van der Waals surface area contributed by atoms with Gasteiger partial charge in [-0.15, -0.1) is 22.7 Å². The molecule has 6 nitrogen and oxygen atoms in total. The summed E-state index contributed by atoms with van der Waals surface area (Å²) in [7, 11) is 2.45. The number of benzene rings is 1. The number of amides is 1. The molecule has 0 radical (unpaired) electrons. The molecule has 0 saturated heterocycles. The molecule has 0 saturated carbocycles. The SMILES string of the molecule is COC(=O)c1sc(NC(=O)c2sc3cccc(Cl)c3c2Cl)c(C(=O)OC)c1C. The van der Waals surface area contributed by atoms with Crippen molar-refractivity contribution in [2.75, 3.05) is 19.5 Å². The molecule has 0 aliphatic heterocycles. The van der Waals surface area contributed by atoms with Crippen molar-refractivity contribution in [1.29, 1.82) is 0 Å². The molecule has 3 rings (SSSR count). The van der Waals surface area contributed by atoms with Crippen LogP contribution in [-0.4, -0.2) is 32.1 Å². The standard InChI is InChI=1S/C18H13Cl2NO5S2/c1-7-10(17(23)25-2)16(28-13(7)18(24)26-3)21-15(22)14-12(20)11-8(19)5-4-6-9(11)27-14/h4-6H,1-3H3,(H,21,22). The van der Waals surface area contributed by atoms with Crippen LogP contribution in [0, 0.1) is 6.92 Å². The van der Waals surface area contributed by atoms with Gasteiger partial charge >= 0.3 is 11.9 Å². The smallest absolute Gasteiger partial charge is 0.348 e. The number of halogens is 2. The lowest BCUT2D eigenvalue weighted by Crippen LogP contribution is -2.13. The molecule has 0 aliphatic carbocycles. The molecule has 2 aromatic heterocycles. The Morgan fingerprint density at radius 2 is 1.68 bits per heavy atom. The minimum Gasteiger partial charge on any atom is -0.465 e. The summed E-state index contributed by atoms with van der Waals surface area (Å²) in [6.07, 6.45) is 0. The van der Waals surface area contributed by atoms with E-state index < -0.39 is 17.8 Å². The van der Waals surface area contributed by atoms with Gasteiger partial charge in [-0.2, -0.15) is 0 Å². The molecule has 0 unspecified atom stereocenters. The number of hydrogen-bond donors (Lipinski definition) is 1. The molecule has 0 bridgehead atoms. The van der Waals surface area contributed by atoms with Gasteiger partial charge in [0, 0.05) is 10.1 Å². The zero-order valence-electron chi connectivity index (χ0n) is 14.8. The largest absolute Gasteiger partial charge is 0.465 e. The van der Waals surface area contributed by atoms with Crippen molar-refractivity contribution in [3.63, 3.8) is 0 Å². The Hall–Kier alpha value is -2.13. The van der Waals surface area contributed by atoms with Crippen LogP contribution < -0.4 is 5.32 Å². The van der Waals surface area contributed by atoms with Crippen molar-refractivity contribution in [2.45, 2.75) is 6.92 Å².